The average Bonchev–Trinajstić information content (AvgIpc) is 3.32. The highest BCUT2D eigenvalue weighted by molar-refractivity contribution is 7.21. The van der Waals surface area contributed by atoms with Crippen molar-refractivity contribution in [3.8, 4) is 10.6 Å². The molecule has 2 heterocycles. The van der Waals surface area contributed by atoms with Crippen molar-refractivity contribution in [2.45, 2.75) is 12.8 Å². The number of para-hydroxylation sites is 2. The van der Waals surface area contributed by atoms with Gasteiger partial charge in [0, 0.05) is 30.6 Å². The van der Waals surface area contributed by atoms with Gasteiger partial charge in [0.25, 0.3) is 0 Å². The highest BCUT2D eigenvalue weighted by atomic mass is 32.1. The summed E-state index contributed by atoms with van der Waals surface area (Å²) in [5.41, 5.74) is 3.66. The fourth-order valence-corrected chi connectivity index (χ4v) is 5.21. The molecule has 0 radical (unpaired) electrons. The fourth-order valence-electron chi connectivity index (χ4n) is 4.20. The normalized spacial score (nSPS) is 14.5. The third-order valence-electron chi connectivity index (χ3n) is 6.10. The van der Waals surface area contributed by atoms with Gasteiger partial charge in [0.05, 0.1) is 15.9 Å². The first kappa shape index (κ1) is 22.0. The van der Waals surface area contributed by atoms with Gasteiger partial charge in [0.15, 0.2) is 0 Å². The lowest BCUT2D eigenvalue weighted by Crippen LogP contribution is -2.40. The van der Waals surface area contributed by atoms with Gasteiger partial charge >= 0.3 is 0 Å². The summed E-state index contributed by atoms with van der Waals surface area (Å²) in [6, 6.07) is 25.6. The number of rotatable bonds is 5. The van der Waals surface area contributed by atoms with Crippen molar-refractivity contribution in [1.29, 1.82) is 0 Å². The van der Waals surface area contributed by atoms with Crippen LogP contribution in [0.3, 0.4) is 0 Å². The molecule has 0 saturated carbocycles. The van der Waals surface area contributed by atoms with Gasteiger partial charge in [-0.2, -0.15) is 0 Å². The van der Waals surface area contributed by atoms with E-state index in [1.807, 2.05) is 83.8 Å². The number of piperidine rings is 1. The standard InChI is InChI=1S/C28H25N3O2S/c32-26(15-14-20-8-2-1-3-9-20)31-18-16-21(17-19-31)27(33)29-23-11-5-4-10-22(23)28-30-24-12-6-7-13-25(24)34-28/h1-15,21H,16-19H2,(H,29,33). The van der Waals surface area contributed by atoms with Crippen LogP contribution in [0, 0.1) is 5.92 Å². The van der Waals surface area contributed by atoms with E-state index in [-0.39, 0.29) is 17.7 Å². The number of anilines is 1. The Labute approximate surface area is 202 Å². The minimum Gasteiger partial charge on any atom is -0.339 e. The van der Waals surface area contributed by atoms with Crippen LogP contribution in [0.2, 0.25) is 0 Å². The van der Waals surface area contributed by atoms with E-state index in [0.717, 1.165) is 32.0 Å². The largest absolute Gasteiger partial charge is 0.339 e. The molecular weight excluding hydrogens is 442 g/mol. The minimum atomic E-state index is -0.120. The van der Waals surface area contributed by atoms with E-state index in [4.69, 9.17) is 4.98 Å². The van der Waals surface area contributed by atoms with Crippen LogP contribution < -0.4 is 5.32 Å². The summed E-state index contributed by atoms with van der Waals surface area (Å²) < 4.78 is 1.12. The molecule has 0 aliphatic carbocycles. The van der Waals surface area contributed by atoms with Crippen molar-refractivity contribution in [1.82, 2.24) is 9.88 Å². The van der Waals surface area contributed by atoms with Crippen LogP contribution in [0.15, 0.2) is 84.9 Å². The summed E-state index contributed by atoms with van der Waals surface area (Å²) in [6.45, 7) is 1.16. The van der Waals surface area contributed by atoms with Crippen molar-refractivity contribution in [2.24, 2.45) is 5.92 Å². The highest BCUT2D eigenvalue weighted by Gasteiger charge is 2.27. The molecule has 1 saturated heterocycles. The van der Waals surface area contributed by atoms with Gasteiger partial charge in [0.1, 0.15) is 5.01 Å². The molecule has 3 aromatic carbocycles. The van der Waals surface area contributed by atoms with Gasteiger partial charge in [-0.25, -0.2) is 4.98 Å². The quantitative estimate of drug-likeness (QED) is 0.374. The molecule has 5 rings (SSSR count). The molecule has 0 spiro atoms. The molecule has 1 aromatic heterocycles. The molecule has 170 valence electrons. The van der Waals surface area contributed by atoms with E-state index in [1.54, 1.807) is 17.4 Å². The van der Waals surface area contributed by atoms with Crippen molar-refractivity contribution in [3.63, 3.8) is 0 Å². The lowest BCUT2D eigenvalue weighted by molar-refractivity contribution is -0.130. The second-order valence-corrected chi connectivity index (χ2v) is 9.40. The van der Waals surface area contributed by atoms with Gasteiger partial charge in [0.2, 0.25) is 11.8 Å². The number of nitrogens with zero attached hydrogens (tertiary/aromatic N) is 2. The number of carbonyl (C=O) groups is 2. The third-order valence-corrected chi connectivity index (χ3v) is 7.17. The van der Waals surface area contributed by atoms with Crippen molar-refractivity contribution in [2.75, 3.05) is 18.4 Å². The summed E-state index contributed by atoms with van der Waals surface area (Å²) in [4.78, 5) is 32.2. The third kappa shape index (κ3) is 4.92. The summed E-state index contributed by atoms with van der Waals surface area (Å²) in [5, 5.41) is 4.02. The Balaban J connectivity index is 1.22. The number of likely N-dealkylation sites (tertiary alicyclic amines) is 1. The Bertz CT molecular complexity index is 1310. The SMILES string of the molecule is O=C(Nc1ccccc1-c1nc2ccccc2s1)C1CCN(C(=O)C=Cc2ccccc2)CC1. The van der Waals surface area contributed by atoms with Crippen LogP contribution in [0.1, 0.15) is 18.4 Å². The lowest BCUT2D eigenvalue weighted by atomic mass is 9.95. The molecule has 34 heavy (non-hydrogen) atoms. The molecule has 0 unspecified atom stereocenters. The first-order valence-corrected chi connectivity index (χ1v) is 12.3. The molecule has 1 fully saturated rings. The number of amides is 2. The average molecular weight is 468 g/mol. The van der Waals surface area contributed by atoms with Crippen LogP contribution in [0.4, 0.5) is 5.69 Å². The van der Waals surface area contributed by atoms with Crippen LogP contribution >= 0.6 is 11.3 Å². The zero-order valence-corrected chi connectivity index (χ0v) is 19.5. The van der Waals surface area contributed by atoms with Crippen LogP contribution in [-0.4, -0.2) is 34.8 Å². The molecule has 0 bridgehead atoms. The van der Waals surface area contributed by atoms with E-state index < -0.39 is 0 Å². The first-order chi connectivity index (χ1) is 16.7. The number of thiazole rings is 1. The van der Waals surface area contributed by atoms with E-state index >= 15 is 0 Å². The smallest absolute Gasteiger partial charge is 0.246 e. The van der Waals surface area contributed by atoms with E-state index in [0.29, 0.717) is 25.9 Å². The van der Waals surface area contributed by atoms with Crippen molar-refractivity contribution in [3.05, 3.63) is 90.5 Å². The molecule has 1 N–H and O–H groups in total. The lowest BCUT2D eigenvalue weighted by Gasteiger charge is -2.30. The Morgan fingerprint density at radius 3 is 2.41 bits per heavy atom. The summed E-state index contributed by atoms with van der Waals surface area (Å²) in [7, 11) is 0. The van der Waals surface area contributed by atoms with Gasteiger partial charge in [-0.3, -0.25) is 9.59 Å². The van der Waals surface area contributed by atoms with Crippen molar-refractivity contribution >= 4 is 45.1 Å². The molecule has 4 aromatic rings. The Kier molecular flexibility index (Phi) is 6.49. The first-order valence-electron chi connectivity index (χ1n) is 11.5. The number of hydrogen-bond donors (Lipinski definition) is 1. The number of hydrogen-bond acceptors (Lipinski definition) is 4. The minimum absolute atomic E-state index is 0.000452. The Morgan fingerprint density at radius 2 is 1.62 bits per heavy atom. The van der Waals surface area contributed by atoms with Gasteiger partial charge < -0.3 is 10.2 Å². The molecular formula is C28H25N3O2S. The molecule has 0 atom stereocenters. The van der Waals surface area contributed by atoms with E-state index in [9.17, 15) is 9.59 Å². The molecule has 2 amide bonds. The van der Waals surface area contributed by atoms with Gasteiger partial charge in [-0.1, -0.05) is 54.6 Å². The Morgan fingerprint density at radius 1 is 0.912 bits per heavy atom. The maximum Gasteiger partial charge on any atom is 0.246 e. The van der Waals surface area contributed by atoms with Gasteiger partial charge in [-0.05, 0) is 48.7 Å². The predicted molar refractivity (Wildman–Crippen MR) is 138 cm³/mol. The molecule has 1 aliphatic rings. The zero-order valence-electron chi connectivity index (χ0n) is 18.7. The second-order valence-electron chi connectivity index (χ2n) is 8.37. The molecule has 5 nitrogen and oxygen atoms in total. The zero-order chi connectivity index (χ0) is 23.3. The number of benzene rings is 3. The number of aromatic nitrogens is 1. The van der Waals surface area contributed by atoms with E-state index in [1.165, 1.54) is 0 Å². The number of nitrogens with one attached hydrogen (secondary N) is 1. The fraction of sp³-hybridized carbons (Fsp3) is 0.179. The monoisotopic (exact) mass is 467 g/mol. The van der Waals surface area contributed by atoms with Crippen LogP contribution in [0.25, 0.3) is 26.9 Å². The highest BCUT2D eigenvalue weighted by Crippen LogP contribution is 2.34. The second kappa shape index (κ2) is 10.0. The van der Waals surface area contributed by atoms with Crippen LogP contribution in [0.5, 0.6) is 0 Å². The molecule has 6 heteroatoms. The summed E-state index contributed by atoms with van der Waals surface area (Å²) >= 11 is 1.62. The van der Waals surface area contributed by atoms with Gasteiger partial charge in [-0.15, -0.1) is 11.3 Å². The predicted octanol–water partition coefficient (Wildman–Crippen LogP) is 5.85. The van der Waals surface area contributed by atoms with Crippen molar-refractivity contribution < 1.29 is 9.59 Å². The van der Waals surface area contributed by atoms with E-state index in [2.05, 4.69) is 11.4 Å². The number of carbonyl (C=O) groups excluding carboxylic acids is 2. The maximum atomic E-state index is 13.1. The summed E-state index contributed by atoms with van der Waals surface area (Å²) in [6.07, 6.45) is 4.75. The topological polar surface area (TPSA) is 62.3 Å². The molecule has 1 aliphatic heterocycles. The number of fused-ring (bicyclic) bond motifs is 1. The summed E-state index contributed by atoms with van der Waals surface area (Å²) in [5.74, 6) is -0.130. The van der Waals surface area contributed by atoms with Crippen LogP contribution in [-0.2, 0) is 9.59 Å². The Hall–Kier alpha value is -3.77. The maximum absolute atomic E-state index is 13.1.